The largest absolute Gasteiger partial charge is 0.379 e. The molecule has 0 radical (unpaired) electrons. The van der Waals surface area contributed by atoms with Gasteiger partial charge in [0.25, 0.3) is 10.2 Å². The highest BCUT2D eigenvalue weighted by molar-refractivity contribution is 7.86. The Balaban J connectivity index is 1.72. The van der Waals surface area contributed by atoms with E-state index in [0.717, 1.165) is 12.8 Å². The quantitative estimate of drug-likeness (QED) is 0.730. The number of ether oxygens (including phenoxy) is 1. The van der Waals surface area contributed by atoms with Crippen molar-refractivity contribution in [1.29, 1.82) is 0 Å². The Morgan fingerprint density at radius 3 is 2.44 bits per heavy atom. The Morgan fingerprint density at radius 1 is 0.944 bits per heavy atom. The summed E-state index contributed by atoms with van der Waals surface area (Å²) in [5.74, 6) is 0. The summed E-state index contributed by atoms with van der Waals surface area (Å²) in [6.07, 6.45) is 3.22. The molecular weight excluding hydrogens is 254 g/mol. The van der Waals surface area contributed by atoms with Crippen molar-refractivity contribution >= 4 is 10.2 Å². The van der Waals surface area contributed by atoms with Gasteiger partial charge in [-0.15, -0.1) is 0 Å². The molecule has 3 aliphatic heterocycles. The predicted octanol–water partition coefficient (Wildman–Crippen LogP) is -0.610. The monoisotopic (exact) mass is 275 g/mol. The molecule has 3 heterocycles. The summed E-state index contributed by atoms with van der Waals surface area (Å²) < 4.78 is 33.5. The zero-order valence-corrected chi connectivity index (χ0v) is 11.4. The fourth-order valence-electron chi connectivity index (χ4n) is 3.06. The van der Waals surface area contributed by atoms with E-state index < -0.39 is 10.2 Å². The maximum atomic E-state index is 12.5. The van der Waals surface area contributed by atoms with Crippen molar-refractivity contribution in [2.24, 2.45) is 0 Å². The van der Waals surface area contributed by atoms with E-state index >= 15 is 0 Å². The maximum absolute atomic E-state index is 12.5. The molecule has 1 N–H and O–H groups in total. The van der Waals surface area contributed by atoms with Gasteiger partial charge in [-0.25, -0.2) is 0 Å². The Bertz CT molecular complexity index is 394. The van der Waals surface area contributed by atoms with Crippen LogP contribution >= 0.6 is 0 Å². The van der Waals surface area contributed by atoms with E-state index in [9.17, 15) is 8.42 Å². The van der Waals surface area contributed by atoms with Crippen LogP contribution in [0, 0.1) is 0 Å². The second-order valence-corrected chi connectivity index (χ2v) is 7.23. The van der Waals surface area contributed by atoms with Crippen LogP contribution < -0.4 is 5.32 Å². The molecule has 2 unspecified atom stereocenters. The van der Waals surface area contributed by atoms with Crippen molar-refractivity contribution in [2.75, 3.05) is 39.4 Å². The molecule has 3 rings (SSSR count). The number of hydrogen-bond donors (Lipinski definition) is 1. The second-order valence-electron chi connectivity index (χ2n) is 5.30. The van der Waals surface area contributed by atoms with Crippen LogP contribution in [0.5, 0.6) is 0 Å². The predicted molar refractivity (Wildman–Crippen MR) is 67.4 cm³/mol. The van der Waals surface area contributed by atoms with Crippen molar-refractivity contribution in [1.82, 2.24) is 13.9 Å². The van der Waals surface area contributed by atoms with E-state index in [-0.39, 0.29) is 0 Å². The Kier molecular flexibility index (Phi) is 3.59. The van der Waals surface area contributed by atoms with Crippen LogP contribution in [0.1, 0.15) is 19.3 Å². The zero-order chi connectivity index (χ0) is 12.6. The van der Waals surface area contributed by atoms with Gasteiger partial charge in [-0.3, -0.25) is 0 Å². The first kappa shape index (κ1) is 12.8. The van der Waals surface area contributed by atoms with E-state index in [2.05, 4.69) is 5.32 Å². The van der Waals surface area contributed by atoms with Gasteiger partial charge in [-0.1, -0.05) is 0 Å². The molecule has 104 valence electrons. The van der Waals surface area contributed by atoms with Crippen LogP contribution in [0.15, 0.2) is 0 Å². The molecule has 0 amide bonds. The summed E-state index contributed by atoms with van der Waals surface area (Å²) >= 11 is 0. The Hall–Kier alpha value is -0.210. The molecule has 3 aliphatic rings. The zero-order valence-electron chi connectivity index (χ0n) is 10.5. The van der Waals surface area contributed by atoms with E-state index in [0.29, 0.717) is 51.5 Å². The summed E-state index contributed by atoms with van der Waals surface area (Å²) in [7, 11) is -3.28. The summed E-state index contributed by atoms with van der Waals surface area (Å²) in [4.78, 5) is 0. The molecule has 6 nitrogen and oxygen atoms in total. The van der Waals surface area contributed by atoms with Crippen LogP contribution in [0.25, 0.3) is 0 Å². The first-order chi connectivity index (χ1) is 8.66. The van der Waals surface area contributed by atoms with Crippen LogP contribution in [-0.2, 0) is 14.9 Å². The Labute approximate surface area is 108 Å². The molecule has 18 heavy (non-hydrogen) atoms. The molecular formula is C11H21N3O3S. The molecule has 0 aromatic carbocycles. The molecule has 0 aliphatic carbocycles. The lowest BCUT2D eigenvalue weighted by atomic mass is 10.1. The minimum Gasteiger partial charge on any atom is -0.379 e. The molecule has 0 spiro atoms. The van der Waals surface area contributed by atoms with Crippen LogP contribution in [0.3, 0.4) is 0 Å². The third-order valence-corrected chi connectivity index (χ3v) is 6.11. The molecule has 3 fully saturated rings. The van der Waals surface area contributed by atoms with Crippen molar-refractivity contribution < 1.29 is 13.2 Å². The minimum absolute atomic E-state index is 0.341. The smallest absolute Gasteiger partial charge is 0.282 e. The first-order valence-electron chi connectivity index (χ1n) is 6.75. The number of nitrogens with zero attached hydrogens (tertiary/aromatic N) is 2. The number of rotatable bonds is 2. The minimum atomic E-state index is -3.28. The lowest BCUT2D eigenvalue weighted by Gasteiger charge is -2.32. The number of morpholine rings is 1. The molecule has 7 heteroatoms. The van der Waals surface area contributed by atoms with Gasteiger partial charge in [0.05, 0.1) is 13.2 Å². The highest BCUT2D eigenvalue weighted by atomic mass is 32.2. The summed E-state index contributed by atoms with van der Waals surface area (Å²) in [6.45, 7) is 3.26. The fourth-order valence-corrected chi connectivity index (χ4v) is 4.70. The summed E-state index contributed by atoms with van der Waals surface area (Å²) in [5.41, 5.74) is 0. The Morgan fingerprint density at radius 2 is 1.67 bits per heavy atom. The van der Waals surface area contributed by atoms with Gasteiger partial charge in [0, 0.05) is 38.3 Å². The SMILES string of the molecule is O=S(=O)(N1CCOCC1)N1CCC2CCC(C1)N2. The number of nitrogens with one attached hydrogen (secondary N) is 1. The number of hydrogen-bond acceptors (Lipinski definition) is 4. The first-order valence-corrected chi connectivity index (χ1v) is 8.15. The number of fused-ring (bicyclic) bond motifs is 2. The highest BCUT2D eigenvalue weighted by Crippen LogP contribution is 2.23. The normalized spacial score (nSPS) is 35.6. The van der Waals surface area contributed by atoms with E-state index in [4.69, 9.17) is 4.74 Å². The summed E-state index contributed by atoms with van der Waals surface area (Å²) in [6, 6.07) is 0.855. The fraction of sp³-hybridized carbons (Fsp3) is 1.00. The van der Waals surface area contributed by atoms with Gasteiger partial charge in [-0.05, 0) is 19.3 Å². The maximum Gasteiger partial charge on any atom is 0.282 e. The van der Waals surface area contributed by atoms with Crippen molar-refractivity contribution in [3.8, 4) is 0 Å². The molecule has 3 saturated heterocycles. The molecule has 0 saturated carbocycles. The standard InChI is InChI=1S/C11H21N3O3S/c15-18(16,13-5-7-17-8-6-13)14-4-3-10-1-2-11(9-14)12-10/h10-12H,1-9H2. The van der Waals surface area contributed by atoms with Gasteiger partial charge in [0.1, 0.15) is 0 Å². The highest BCUT2D eigenvalue weighted by Gasteiger charge is 2.37. The third kappa shape index (κ3) is 2.42. The van der Waals surface area contributed by atoms with E-state index in [1.807, 2.05) is 0 Å². The van der Waals surface area contributed by atoms with Crippen LogP contribution in [0.2, 0.25) is 0 Å². The van der Waals surface area contributed by atoms with Gasteiger partial charge in [0.15, 0.2) is 0 Å². The molecule has 0 aromatic rings. The third-order valence-electron chi connectivity index (χ3n) is 4.11. The van der Waals surface area contributed by atoms with Crippen molar-refractivity contribution in [3.05, 3.63) is 0 Å². The van der Waals surface area contributed by atoms with Crippen LogP contribution in [0.4, 0.5) is 0 Å². The van der Waals surface area contributed by atoms with Crippen molar-refractivity contribution in [3.63, 3.8) is 0 Å². The van der Waals surface area contributed by atoms with Crippen LogP contribution in [-0.4, -0.2) is 68.5 Å². The molecule has 0 aromatic heterocycles. The van der Waals surface area contributed by atoms with Gasteiger partial charge in [-0.2, -0.15) is 17.0 Å². The van der Waals surface area contributed by atoms with Gasteiger partial charge in [0.2, 0.25) is 0 Å². The topological polar surface area (TPSA) is 61.9 Å². The van der Waals surface area contributed by atoms with Crippen molar-refractivity contribution in [2.45, 2.75) is 31.3 Å². The molecule has 2 atom stereocenters. The second kappa shape index (κ2) is 5.05. The van der Waals surface area contributed by atoms with Gasteiger partial charge < -0.3 is 10.1 Å². The average Bonchev–Trinajstić information content (AvgIpc) is 2.69. The molecule has 2 bridgehead atoms. The average molecular weight is 275 g/mol. The lowest BCUT2D eigenvalue weighted by Crippen LogP contribution is -2.50. The lowest BCUT2D eigenvalue weighted by molar-refractivity contribution is 0.0700. The summed E-state index contributed by atoms with van der Waals surface area (Å²) in [5, 5.41) is 3.51. The van der Waals surface area contributed by atoms with E-state index in [1.165, 1.54) is 6.42 Å². The van der Waals surface area contributed by atoms with Gasteiger partial charge >= 0.3 is 0 Å². The van der Waals surface area contributed by atoms with E-state index in [1.54, 1.807) is 8.61 Å².